The van der Waals surface area contributed by atoms with Crippen molar-refractivity contribution in [1.82, 2.24) is 20.4 Å². The number of unbranched alkanes of at least 4 members (excludes halogenated alkanes) is 1. The molecule has 0 bridgehead atoms. The predicted molar refractivity (Wildman–Crippen MR) is 110 cm³/mol. The molecule has 1 unspecified atom stereocenters. The van der Waals surface area contributed by atoms with Crippen molar-refractivity contribution in [3.8, 4) is 0 Å². The Morgan fingerprint density at radius 2 is 1.76 bits per heavy atom. The van der Waals surface area contributed by atoms with Crippen molar-refractivity contribution in [3.05, 3.63) is 0 Å². The minimum absolute atomic E-state index is 0.578. The van der Waals surface area contributed by atoms with Gasteiger partial charge in [0, 0.05) is 44.8 Å². The fourth-order valence-corrected chi connectivity index (χ4v) is 3.77. The van der Waals surface area contributed by atoms with Crippen LogP contribution in [-0.2, 0) is 0 Å². The van der Waals surface area contributed by atoms with Gasteiger partial charge in [0.2, 0.25) is 0 Å². The van der Waals surface area contributed by atoms with Crippen LogP contribution in [0, 0.1) is 0 Å². The summed E-state index contributed by atoms with van der Waals surface area (Å²) in [6, 6.07) is 1.93. The average Bonchev–Trinajstić information content (AvgIpc) is 2.57. The maximum absolute atomic E-state index is 4.34. The first-order valence-electron chi connectivity index (χ1n) is 10.4. The van der Waals surface area contributed by atoms with Gasteiger partial charge >= 0.3 is 0 Å². The Labute approximate surface area is 156 Å². The van der Waals surface area contributed by atoms with Crippen molar-refractivity contribution in [2.45, 2.75) is 84.8 Å². The van der Waals surface area contributed by atoms with Gasteiger partial charge in [0.1, 0.15) is 0 Å². The number of guanidine groups is 1. The second-order valence-corrected chi connectivity index (χ2v) is 7.94. The lowest BCUT2D eigenvalue weighted by molar-refractivity contribution is 0.158. The smallest absolute Gasteiger partial charge is 0.191 e. The van der Waals surface area contributed by atoms with E-state index in [1.807, 2.05) is 7.05 Å². The van der Waals surface area contributed by atoms with E-state index in [-0.39, 0.29) is 0 Å². The van der Waals surface area contributed by atoms with Crippen molar-refractivity contribution >= 4 is 5.96 Å². The first-order valence-corrected chi connectivity index (χ1v) is 10.4. The van der Waals surface area contributed by atoms with Gasteiger partial charge in [0.05, 0.1) is 0 Å². The van der Waals surface area contributed by atoms with Gasteiger partial charge in [-0.15, -0.1) is 0 Å². The Morgan fingerprint density at radius 3 is 2.36 bits per heavy atom. The van der Waals surface area contributed by atoms with Crippen LogP contribution >= 0.6 is 0 Å². The van der Waals surface area contributed by atoms with Crippen LogP contribution in [0.1, 0.15) is 66.7 Å². The summed E-state index contributed by atoms with van der Waals surface area (Å²) in [5, 5.41) is 6.90. The molecule has 0 saturated carbocycles. The Kier molecular flexibility index (Phi) is 11.1. The van der Waals surface area contributed by atoms with Gasteiger partial charge in [-0.2, -0.15) is 0 Å². The quantitative estimate of drug-likeness (QED) is 0.360. The molecule has 0 amide bonds. The summed E-state index contributed by atoms with van der Waals surface area (Å²) < 4.78 is 0. The van der Waals surface area contributed by atoms with Gasteiger partial charge in [0.25, 0.3) is 0 Å². The van der Waals surface area contributed by atoms with Crippen LogP contribution in [0.5, 0.6) is 0 Å². The molecule has 1 aliphatic heterocycles. The second kappa shape index (κ2) is 12.5. The van der Waals surface area contributed by atoms with Crippen molar-refractivity contribution in [2.24, 2.45) is 4.99 Å². The highest BCUT2D eigenvalue weighted by Crippen LogP contribution is 2.16. The molecule has 0 aliphatic carbocycles. The molecule has 1 atom stereocenters. The number of piperidine rings is 1. The summed E-state index contributed by atoms with van der Waals surface area (Å²) >= 11 is 0. The molecule has 1 saturated heterocycles. The molecule has 148 valence electrons. The molecule has 0 aromatic heterocycles. The number of hydrogen-bond acceptors (Lipinski definition) is 3. The zero-order valence-electron chi connectivity index (χ0n) is 17.6. The maximum atomic E-state index is 4.34. The normalized spacial score (nSPS) is 19.9. The Bertz CT molecular complexity index is 359. The number of hydrogen-bond donors (Lipinski definition) is 2. The Balaban J connectivity index is 2.13. The molecular formula is C20H43N5. The summed E-state index contributed by atoms with van der Waals surface area (Å²) in [6.45, 7) is 16.9. The van der Waals surface area contributed by atoms with Gasteiger partial charge < -0.3 is 15.5 Å². The number of rotatable bonds is 10. The van der Waals surface area contributed by atoms with Crippen molar-refractivity contribution in [1.29, 1.82) is 0 Å². The first kappa shape index (κ1) is 22.2. The topological polar surface area (TPSA) is 42.9 Å². The molecule has 1 heterocycles. The van der Waals surface area contributed by atoms with Gasteiger partial charge in [-0.1, -0.05) is 6.42 Å². The fourth-order valence-electron chi connectivity index (χ4n) is 3.77. The van der Waals surface area contributed by atoms with E-state index >= 15 is 0 Å². The molecule has 5 nitrogen and oxygen atoms in total. The molecule has 2 N–H and O–H groups in total. The molecule has 5 heteroatoms. The van der Waals surface area contributed by atoms with Crippen molar-refractivity contribution in [2.75, 3.05) is 39.8 Å². The molecule has 0 spiro atoms. The lowest BCUT2D eigenvalue weighted by Crippen LogP contribution is -2.45. The molecule has 1 aliphatic rings. The molecule has 0 radical (unpaired) electrons. The lowest BCUT2D eigenvalue weighted by Gasteiger charge is -2.33. The molecule has 1 fully saturated rings. The molecule has 1 rings (SSSR count). The van der Waals surface area contributed by atoms with Crippen LogP contribution in [0.25, 0.3) is 0 Å². The van der Waals surface area contributed by atoms with Crippen LogP contribution in [0.4, 0.5) is 0 Å². The third kappa shape index (κ3) is 8.91. The van der Waals surface area contributed by atoms with Crippen LogP contribution < -0.4 is 10.6 Å². The largest absolute Gasteiger partial charge is 0.356 e. The van der Waals surface area contributed by atoms with Gasteiger partial charge in [-0.3, -0.25) is 9.89 Å². The number of aliphatic imine (C=N–C) groups is 1. The summed E-state index contributed by atoms with van der Waals surface area (Å²) in [6.07, 6.45) is 6.63. The summed E-state index contributed by atoms with van der Waals surface area (Å²) in [5.74, 6) is 0.929. The van der Waals surface area contributed by atoms with Crippen molar-refractivity contribution < 1.29 is 0 Å². The highest BCUT2D eigenvalue weighted by Gasteiger charge is 2.17. The van der Waals surface area contributed by atoms with E-state index in [0.717, 1.165) is 31.6 Å². The molecule has 25 heavy (non-hydrogen) atoms. The third-order valence-electron chi connectivity index (χ3n) is 5.32. The van der Waals surface area contributed by atoms with Crippen LogP contribution in [0.15, 0.2) is 4.99 Å². The first-order chi connectivity index (χ1) is 12.0. The minimum Gasteiger partial charge on any atom is -0.356 e. The number of likely N-dealkylation sites (tertiary alicyclic amines) is 1. The standard InChI is InChI=1S/C20H43N5/c1-17(2)25(18(3)4)16-13-23-20(21-6)22-12-8-10-15-24-14-9-7-11-19(24)5/h17-19H,7-16H2,1-6H3,(H2,21,22,23). The highest BCUT2D eigenvalue weighted by atomic mass is 15.2. The zero-order valence-corrected chi connectivity index (χ0v) is 17.6. The van der Waals surface area contributed by atoms with E-state index in [2.05, 4.69) is 60.0 Å². The number of nitrogens with one attached hydrogen (secondary N) is 2. The monoisotopic (exact) mass is 353 g/mol. The SMILES string of the molecule is CN=C(NCCCCN1CCCCC1C)NCCN(C(C)C)C(C)C. The van der Waals surface area contributed by atoms with Crippen LogP contribution in [-0.4, -0.2) is 73.7 Å². The van der Waals surface area contributed by atoms with Gasteiger partial charge in [-0.05, 0) is 73.4 Å². The minimum atomic E-state index is 0.578. The lowest BCUT2D eigenvalue weighted by atomic mass is 10.0. The molecule has 0 aromatic carbocycles. The third-order valence-corrected chi connectivity index (χ3v) is 5.32. The van der Waals surface area contributed by atoms with Gasteiger partial charge in [-0.25, -0.2) is 0 Å². The van der Waals surface area contributed by atoms with E-state index in [1.54, 1.807) is 0 Å². The van der Waals surface area contributed by atoms with Crippen molar-refractivity contribution in [3.63, 3.8) is 0 Å². The summed E-state index contributed by atoms with van der Waals surface area (Å²) in [4.78, 5) is 9.50. The van der Waals surface area contributed by atoms with E-state index < -0.39 is 0 Å². The second-order valence-electron chi connectivity index (χ2n) is 7.94. The zero-order chi connectivity index (χ0) is 18.7. The average molecular weight is 354 g/mol. The summed E-state index contributed by atoms with van der Waals surface area (Å²) in [5.41, 5.74) is 0. The summed E-state index contributed by atoms with van der Waals surface area (Å²) in [7, 11) is 1.85. The van der Waals surface area contributed by atoms with Crippen LogP contribution in [0.3, 0.4) is 0 Å². The Hall–Kier alpha value is -0.810. The Morgan fingerprint density at radius 1 is 1.08 bits per heavy atom. The van der Waals surface area contributed by atoms with E-state index in [9.17, 15) is 0 Å². The number of nitrogens with zero attached hydrogens (tertiary/aromatic N) is 3. The molecular weight excluding hydrogens is 310 g/mol. The maximum Gasteiger partial charge on any atom is 0.191 e. The van der Waals surface area contributed by atoms with E-state index in [0.29, 0.717) is 12.1 Å². The molecule has 0 aromatic rings. The van der Waals surface area contributed by atoms with E-state index in [4.69, 9.17) is 0 Å². The highest BCUT2D eigenvalue weighted by molar-refractivity contribution is 5.79. The predicted octanol–water partition coefficient (Wildman–Crippen LogP) is 2.92. The fraction of sp³-hybridized carbons (Fsp3) is 0.950. The van der Waals surface area contributed by atoms with Crippen LogP contribution in [0.2, 0.25) is 0 Å². The van der Waals surface area contributed by atoms with Gasteiger partial charge in [0.15, 0.2) is 5.96 Å². The van der Waals surface area contributed by atoms with E-state index in [1.165, 1.54) is 45.2 Å².